The maximum absolute atomic E-state index is 5.88. The zero-order valence-corrected chi connectivity index (χ0v) is 11.3. The van der Waals surface area contributed by atoms with E-state index in [1.54, 1.807) is 0 Å². The number of rotatable bonds is 7. The van der Waals surface area contributed by atoms with Crippen molar-refractivity contribution in [1.82, 2.24) is 0 Å². The van der Waals surface area contributed by atoms with Crippen molar-refractivity contribution in [3.63, 3.8) is 0 Å². The van der Waals surface area contributed by atoms with Crippen LogP contribution < -0.4 is 10.5 Å². The number of ether oxygens (including phenoxy) is 1. The van der Waals surface area contributed by atoms with Crippen molar-refractivity contribution in [3.8, 4) is 5.75 Å². The Morgan fingerprint density at radius 1 is 1.18 bits per heavy atom. The predicted molar refractivity (Wildman–Crippen MR) is 74.4 cm³/mol. The summed E-state index contributed by atoms with van der Waals surface area (Å²) in [5.41, 5.74) is 7.72. The standard InChI is InChI=1S/C15H25NO/c1-4-5-6-7-8-13(3)17-15-10-12(2)9-14(16)11-15/h9-11,13H,4-8,16H2,1-3H3. The van der Waals surface area contributed by atoms with Crippen molar-refractivity contribution < 1.29 is 4.74 Å². The van der Waals surface area contributed by atoms with E-state index in [9.17, 15) is 0 Å². The maximum atomic E-state index is 5.88. The van der Waals surface area contributed by atoms with E-state index in [-0.39, 0.29) is 6.10 Å². The van der Waals surface area contributed by atoms with E-state index in [1.807, 2.05) is 25.1 Å². The van der Waals surface area contributed by atoms with Gasteiger partial charge >= 0.3 is 0 Å². The number of nitrogen functional groups attached to an aromatic ring is 1. The molecule has 0 aliphatic heterocycles. The Bertz CT molecular complexity index is 315. The van der Waals surface area contributed by atoms with Gasteiger partial charge in [0.15, 0.2) is 0 Å². The maximum Gasteiger partial charge on any atom is 0.122 e. The van der Waals surface area contributed by atoms with Gasteiger partial charge in [0.05, 0.1) is 6.10 Å². The molecule has 0 spiro atoms. The van der Waals surface area contributed by atoms with Crippen LogP contribution in [0.1, 0.15) is 51.5 Å². The van der Waals surface area contributed by atoms with Crippen LogP contribution in [0.4, 0.5) is 5.69 Å². The lowest BCUT2D eigenvalue weighted by Gasteiger charge is -2.15. The summed E-state index contributed by atoms with van der Waals surface area (Å²) < 4.78 is 5.88. The van der Waals surface area contributed by atoms with Gasteiger partial charge in [-0.15, -0.1) is 0 Å². The normalized spacial score (nSPS) is 12.4. The molecular formula is C15H25NO. The Kier molecular flexibility index (Phi) is 5.88. The zero-order valence-electron chi connectivity index (χ0n) is 11.3. The quantitative estimate of drug-likeness (QED) is 0.564. The zero-order chi connectivity index (χ0) is 12.7. The van der Waals surface area contributed by atoms with E-state index in [2.05, 4.69) is 13.8 Å². The van der Waals surface area contributed by atoms with E-state index in [1.165, 1.54) is 25.7 Å². The second kappa shape index (κ2) is 7.21. The SMILES string of the molecule is CCCCCCC(C)Oc1cc(C)cc(N)c1. The smallest absolute Gasteiger partial charge is 0.122 e. The number of benzene rings is 1. The summed E-state index contributed by atoms with van der Waals surface area (Å²) in [5.74, 6) is 0.894. The predicted octanol–water partition coefficient (Wildman–Crippen LogP) is 4.31. The fraction of sp³-hybridized carbons (Fsp3) is 0.600. The lowest BCUT2D eigenvalue weighted by molar-refractivity contribution is 0.206. The van der Waals surface area contributed by atoms with Gasteiger partial charge < -0.3 is 10.5 Å². The van der Waals surface area contributed by atoms with Crippen LogP contribution in [0.2, 0.25) is 0 Å². The molecule has 2 N–H and O–H groups in total. The van der Waals surface area contributed by atoms with Gasteiger partial charge in [0.25, 0.3) is 0 Å². The molecule has 17 heavy (non-hydrogen) atoms. The van der Waals surface area contributed by atoms with Crippen LogP contribution >= 0.6 is 0 Å². The van der Waals surface area contributed by atoms with Gasteiger partial charge in [-0.05, 0) is 44.4 Å². The molecule has 0 saturated heterocycles. The van der Waals surface area contributed by atoms with Crippen LogP contribution in [0.15, 0.2) is 18.2 Å². The Morgan fingerprint density at radius 3 is 2.59 bits per heavy atom. The molecule has 0 bridgehead atoms. The number of hydrogen-bond acceptors (Lipinski definition) is 2. The summed E-state index contributed by atoms with van der Waals surface area (Å²) in [4.78, 5) is 0. The van der Waals surface area contributed by atoms with Crippen molar-refractivity contribution in [2.75, 3.05) is 5.73 Å². The molecule has 0 radical (unpaired) electrons. The number of anilines is 1. The van der Waals surface area contributed by atoms with Crippen LogP contribution in [0.5, 0.6) is 5.75 Å². The third-order valence-electron chi connectivity index (χ3n) is 2.87. The van der Waals surface area contributed by atoms with Gasteiger partial charge in [0, 0.05) is 11.8 Å². The van der Waals surface area contributed by atoms with Gasteiger partial charge in [0.1, 0.15) is 5.75 Å². The first-order chi connectivity index (χ1) is 8.11. The van der Waals surface area contributed by atoms with Crippen LogP contribution in [0, 0.1) is 6.92 Å². The summed E-state index contributed by atoms with van der Waals surface area (Å²) in [5, 5.41) is 0. The summed E-state index contributed by atoms with van der Waals surface area (Å²) in [6.45, 7) is 6.40. The first-order valence-electron chi connectivity index (χ1n) is 6.65. The summed E-state index contributed by atoms with van der Waals surface area (Å²) in [7, 11) is 0. The van der Waals surface area contributed by atoms with Gasteiger partial charge in [-0.25, -0.2) is 0 Å². The summed E-state index contributed by atoms with van der Waals surface area (Å²) in [6.07, 6.45) is 6.55. The minimum Gasteiger partial charge on any atom is -0.491 e. The molecule has 2 heteroatoms. The molecule has 0 heterocycles. The second-order valence-corrected chi connectivity index (χ2v) is 4.86. The van der Waals surface area contributed by atoms with E-state index < -0.39 is 0 Å². The Hall–Kier alpha value is -1.18. The van der Waals surface area contributed by atoms with E-state index in [0.717, 1.165) is 23.4 Å². The number of hydrogen-bond donors (Lipinski definition) is 1. The Morgan fingerprint density at radius 2 is 1.94 bits per heavy atom. The highest BCUT2D eigenvalue weighted by molar-refractivity contribution is 5.47. The summed E-state index contributed by atoms with van der Waals surface area (Å²) >= 11 is 0. The molecule has 0 saturated carbocycles. The van der Waals surface area contributed by atoms with E-state index in [4.69, 9.17) is 10.5 Å². The highest BCUT2D eigenvalue weighted by Gasteiger charge is 2.04. The molecule has 0 fully saturated rings. The van der Waals surface area contributed by atoms with Crippen LogP contribution in [0.3, 0.4) is 0 Å². The monoisotopic (exact) mass is 235 g/mol. The van der Waals surface area contributed by atoms with Gasteiger partial charge in [0.2, 0.25) is 0 Å². The molecule has 0 amide bonds. The number of unbranched alkanes of at least 4 members (excludes halogenated alkanes) is 3. The van der Waals surface area contributed by atoms with Crippen LogP contribution in [-0.2, 0) is 0 Å². The van der Waals surface area contributed by atoms with Crippen molar-refractivity contribution in [2.45, 2.75) is 59.0 Å². The van der Waals surface area contributed by atoms with Crippen molar-refractivity contribution >= 4 is 5.69 Å². The average Bonchev–Trinajstić information content (AvgIpc) is 2.23. The highest BCUT2D eigenvalue weighted by Crippen LogP contribution is 2.20. The lowest BCUT2D eigenvalue weighted by atomic mass is 10.1. The first-order valence-corrected chi connectivity index (χ1v) is 6.65. The van der Waals surface area contributed by atoms with E-state index >= 15 is 0 Å². The third-order valence-corrected chi connectivity index (χ3v) is 2.87. The van der Waals surface area contributed by atoms with Crippen LogP contribution in [-0.4, -0.2) is 6.10 Å². The Labute approximate surface area is 105 Å². The topological polar surface area (TPSA) is 35.2 Å². The number of nitrogens with two attached hydrogens (primary N) is 1. The highest BCUT2D eigenvalue weighted by atomic mass is 16.5. The second-order valence-electron chi connectivity index (χ2n) is 4.86. The minimum atomic E-state index is 0.271. The fourth-order valence-electron chi connectivity index (χ4n) is 1.99. The molecular weight excluding hydrogens is 210 g/mol. The molecule has 0 aromatic heterocycles. The van der Waals surface area contributed by atoms with Crippen molar-refractivity contribution in [2.24, 2.45) is 0 Å². The third kappa shape index (κ3) is 5.62. The van der Waals surface area contributed by atoms with Crippen molar-refractivity contribution in [3.05, 3.63) is 23.8 Å². The summed E-state index contributed by atoms with van der Waals surface area (Å²) in [6, 6.07) is 5.90. The number of aryl methyl sites for hydroxylation is 1. The molecule has 1 aromatic carbocycles. The average molecular weight is 235 g/mol. The molecule has 1 aromatic rings. The van der Waals surface area contributed by atoms with Gasteiger partial charge in [-0.3, -0.25) is 0 Å². The largest absolute Gasteiger partial charge is 0.491 e. The van der Waals surface area contributed by atoms with Crippen LogP contribution in [0.25, 0.3) is 0 Å². The van der Waals surface area contributed by atoms with Crippen molar-refractivity contribution in [1.29, 1.82) is 0 Å². The first kappa shape index (κ1) is 13.9. The van der Waals surface area contributed by atoms with Gasteiger partial charge in [-0.1, -0.05) is 26.2 Å². The molecule has 0 aliphatic carbocycles. The lowest BCUT2D eigenvalue weighted by Crippen LogP contribution is -2.11. The molecule has 0 aliphatic rings. The molecule has 1 rings (SSSR count). The van der Waals surface area contributed by atoms with E-state index in [0.29, 0.717) is 0 Å². The molecule has 1 atom stereocenters. The molecule has 2 nitrogen and oxygen atoms in total. The van der Waals surface area contributed by atoms with Gasteiger partial charge in [-0.2, -0.15) is 0 Å². The molecule has 1 unspecified atom stereocenters. The Balaban J connectivity index is 2.36. The molecule has 96 valence electrons. The minimum absolute atomic E-state index is 0.271. The fourth-order valence-corrected chi connectivity index (χ4v) is 1.99.